The molecule has 5 N–H and O–H groups in total. The number of fused-ring (bicyclic) bond motifs is 1. The molecule has 1 heterocycles. The van der Waals surface area contributed by atoms with Crippen LogP contribution in [-0.2, 0) is 4.79 Å². The highest BCUT2D eigenvalue weighted by Crippen LogP contribution is 2.42. The number of aliphatic carboxylic acids is 1. The van der Waals surface area contributed by atoms with E-state index in [9.17, 15) is 4.79 Å². The molecule has 0 spiro atoms. The lowest BCUT2D eigenvalue weighted by Gasteiger charge is -2.18. The Labute approximate surface area is 176 Å². The lowest BCUT2D eigenvalue weighted by atomic mass is 10.2. The maximum absolute atomic E-state index is 9.57. The molecule has 1 aliphatic rings. The van der Waals surface area contributed by atoms with Gasteiger partial charge in [0.25, 0.3) is 0 Å². The Morgan fingerprint density at radius 3 is 2.26 bits per heavy atom. The highest BCUT2D eigenvalue weighted by molar-refractivity contribution is 8.00. The summed E-state index contributed by atoms with van der Waals surface area (Å²) >= 11 is 1.88. The van der Waals surface area contributed by atoms with Crippen LogP contribution in [0.25, 0.3) is 6.08 Å². The fourth-order valence-electron chi connectivity index (χ4n) is 2.16. The molecular weight excluding hydrogens is 405 g/mol. The average Bonchev–Trinajstić information content (AvgIpc) is 2.91. The molecule has 5 nitrogen and oxygen atoms in total. The summed E-state index contributed by atoms with van der Waals surface area (Å²) in [6, 6.07) is 15.7. The van der Waals surface area contributed by atoms with E-state index in [1.54, 1.807) is 0 Å². The van der Waals surface area contributed by atoms with Gasteiger partial charge in [-0.2, -0.15) is 0 Å². The number of carboxylic acids is 1. The number of benzene rings is 2. The van der Waals surface area contributed by atoms with Gasteiger partial charge in [-0.05, 0) is 36.8 Å². The zero-order chi connectivity index (χ0) is 18.4. The molecule has 148 valence electrons. The van der Waals surface area contributed by atoms with Crippen molar-refractivity contribution in [2.45, 2.75) is 23.2 Å². The topological polar surface area (TPSA) is 92.6 Å². The smallest absolute Gasteiger partial charge is 0.320 e. The predicted molar refractivity (Wildman–Crippen MR) is 120 cm³/mol. The van der Waals surface area contributed by atoms with Gasteiger partial charge in [0.05, 0.1) is 11.1 Å². The largest absolute Gasteiger partial charge is 0.480 e. The van der Waals surface area contributed by atoms with Gasteiger partial charge in [0.15, 0.2) is 0 Å². The number of rotatable bonds is 3. The lowest BCUT2D eigenvalue weighted by molar-refractivity contribution is -0.138. The second-order valence-corrected chi connectivity index (χ2v) is 6.90. The number of nitrogens with two attached hydrogens (primary N) is 2. The van der Waals surface area contributed by atoms with Crippen LogP contribution < -0.4 is 16.4 Å². The molecule has 2 unspecified atom stereocenters. The molecule has 0 fully saturated rings. The monoisotopic (exact) mass is 429 g/mol. The Morgan fingerprint density at radius 2 is 1.74 bits per heavy atom. The number of hydrogen-bond acceptors (Lipinski definition) is 5. The molecule has 27 heavy (non-hydrogen) atoms. The fourth-order valence-corrected chi connectivity index (χ4v) is 3.34. The summed E-state index contributed by atoms with van der Waals surface area (Å²) in [6.45, 7) is 1.42. The van der Waals surface area contributed by atoms with E-state index >= 15 is 0 Å². The Bertz CT molecular complexity index is 755. The first-order valence-corrected chi connectivity index (χ1v) is 8.77. The van der Waals surface area contributed by atoms with Crippen LogP contribution in [0, 0.1) is 0 Å². The first kappa shape index (κ1) is 25.1. The zero-order valence-corrected chi connectivity index (χ0v) is 17.6. The fraction of sp³-hybridized carbons (Fsp3) is 0.211. The third kappa shape index (κ3) is 7.34. The van der Waals surface area contributed by atoms with Crippen molar-refractivity contribution in [3.63, 3.8) is 0 Å². The third-order valence-corrected chi connectivity index (χ3v) is 4.97. The molecule has 0 bridgehead atoms. The first-order chi connectivity index (χ1) is 11.9. The van der Waals surface area contributed by atoms with Crippen LogP contribution in [0.3, 0.4) is 0 Å². The minimum absolute atomic E-state index is 0. The minimum Gasteiger partial charge on any atom is -0.480 e. The van der Waals surface area contributed by atoms with Crippen LogP contribution in [0.15, 0.2) is 59.5 Å². The molecule has 0 saturated heterocycles. The van der Waals surface area contributed by atoms with E-state index in [0.29, 0.717) is 5.37 Å². The zero-order valence-electron chi connectivity index (χ0n) is 15.1. The SMILES string of the molecule is CC(N)C(=O)O.CN1c2ccccc2SC1C=Cc1ccc(N)cc1.Cl.Cl. The number of carboxylic acid groups (broad SMARTS) is 1. The van der Waals surface area contributed by atoms with Crippen molar-refractivity contribution in [3.05, 3.63) is 60.2 Å². The van der Waals surface area contributed by atoms with E-state index in [2.05, 4.69) is 48.4 Å². The van der Waals surface area contributed by atoms with Crippen molar-refractivity contribution >= 4 is 60.0 Å². The number of halogens is 2. The number of thioether (sulfide) groups is 1. The molecule has 0 aromatic heterocycles. The van der Waals surface area contributed by atoms with E-state index in [1.807, 2.05) is 36.0 Å². The number of likely N-dealkylation sites (N-methyl/N-ethyl adjacent to an activating group) is 1. The van der Waals surface area contributed by atoms with Crippen molar-refractivity contribution in [2.24, 2.45) is 5.73 Å². The number of hydrogen-bond donors (Lipinski definition) is 3. The van der Waals surface area contributed by atoms with Crippen LogP contribution in [0.4, 0.5) is 11.4 Å². The lowest BCUT2D eigenvalue weighted by Crippen LogP contribution is -2.25. The van der Waals surface area contributed by atoms with Gasteiger partial charge in [0, 0.05) is 17.6 Å². The van der Waals surface area contributed by atoms with Crippen LogP contribution in [0.5, 0.6) is 0 Å². The number of nitrogen functional groups attached to an aromatic ring is 1. The molecular formula is C19H25Cl2N3O2S. The van der Waals surface area contributed by atoms with E-state index in [4.69, 9.17) is 16.6 Å². The second kappa shape index (κ2) is 11.8. The molecule has 0 aliphatic carbocycles. The Morgan fingerprint density at radius 1 is 1.19 bits per heavy atom. The number of nitrogens with zero attached hydrogens (tertiary/aromatic N) is 1. The second-order valence-electron chi connectivity index (χ2n) is 5.74. The predicted octanol–water partition coefficient (Wildman–Crippen LogP) is 4.11. The van der Waals surface area contributed by atoms with E-state index in [1.165, 1.54) is 23.1 Å². The highest BCUT2D eigenvalue weighted by Gasteiger charge is 2.24. The van der Waals surface area contributed by atoms with Crippen LogP contribution >= 0.6 is 36.6 Å². The molecule has 3 rings (SSSR count). The van der Waals surface area contributed by atoms with Crippen molar-refractivity contribution in [3.8, 4) is 0 Å². The standard InChI is InChI=1S/C16H16N2S.C3H7NO2.2ClH/c1-18-14-4-2-3-5-15(14)19-16(18)11-8-12-6-9-13(17)10-7-12;1-2(4)3(5)6;;/h2-11,16H,17H2,1H3;2H,4H2,1H3,(H,5,6);2*1H. The molecule has 0 saturated carbocycles. The summed E-state index contributed by atoms with van der Waals surface area (Å²) in [5.74, 6) is -0.963. The molecule has 2 atom stereocenters. The van der Waals surface area contributed by atoms with Gasteiger partial charge in [-0.1, -0.05) is 48.2 Å². The van der Waals surface area contributed by atoms with E-state index in [-0.39, 0.29) is 24.8 Å². The van der Waals surface area contributed by atoms with Gasteiger partial charge in [-0.3, -0.25) is 4.79 Å². The van der Waals surface area contributed by atoms with Crippen LogP contribution in [-0.4, -0.2) is 29.5 Å². The summed E-state index contributed by atoms with van der Waals surface area (Å²) in [7, 11) is 2.14. The van der Waals surface area contributed by atoms with E-state index in [0.717, 1.165) is 5.69 Å². The van der Waals surface area contributed by atoms with E-state index < -0.39 is 12.0 Å². The summed E-state index contributed by atoms with van der Waals surface area (Å²) in [5, 5.41) is 8.22. The minimum atomic E-state index is -0.963. The molecule has 1 aliphatic heterocycles. The Hall–Kier alpha value is -1.86. The van der Waals surface area contributed by atoms with Gasteiger partial charge in [0.1, 0.15) is 6.04 Å². The van der Waals surface area contributed by atoms with Crippen molar-refractivity contribution in [1.29, 1.82) is 0 Å². The van der Waals surface area contributed by atoms with Crippen molar-refractivity contribution in [2.75, 3.05) is 17.7 Å². The maximum Gasteiger partial charge on any atom is 0.320 e. The van der Waals surface area contributed by atoms with Crippen LogP contribution in [0.2, 0.25) is 0 Å². The van der Waals surface area contributed by atoms with Crippen molar-refractivity contribution < 1.29 is 9.90 Å². The molecule has 0 radical (unpaired) electrons. The van der Waals surface area contributed by atoms with Gasteiger partial charge < -0.3 is 21.5 Å². The number of anilines is 2. The van der Waals surface area contributed by atoms with Gasteiger partial charge in [-0.15, -0.1) is 24.8 Å². The van der Waals surface area contributed by atoms with Crippen molar-refractivity contribution in [1.82, 2.24) is 0 Å². The quantitative estimate of drug-likeness (QED) is 0.635. The van der Waals surface area contributed by atoms with Gasteiger partial charge in [0.2, 0.25) is 0 Å². The Kier molecular flexibility index (Phi) is 11.0. The summed E-state index contributed by atoms with van der Waals surface area (Å²) < 4.78 is 0. The van der Waals surface area contributed by atoms with Gasteiger partial charge >= 0.3 is 5.97 Å². The van der Waals surface area contributed by atoms with Crippen LogP contribution in [0.1, 0.15) is 12.5 Å². The first-order valence-electron chi connectivity index (χ1n) is 7.89. The maximum atomic E-state index is 9.57. The number of carbonyl (C=O) groups is 1. The average molecular weight is 430 g/mol. The Balaban J connectivity index is 0.000000744. The summed E-state index contributed by atoms with van der Waals surface area (Å²) in [5.41, 5.74) is 13.8. The third-order valence-electron chi connectivity index (χ3n) is 3.65. The van der Waals surface area contributed by atoms with Gasteiger partial charge in [-0.25, -0.2) is 0 Å². The summed E-state index contributed by atoms with van der Waals surface area (Å²) in [6.07, 6.45) is 4.38. The summed E-state index contributed by atoms with van der Waals surface area (Å²) in [4.78, 5) is 13.2. The highest BCUT2D eigenvalue weighted by atomic mass is 35.5. The molecule has 2 aromatic rings. The molecule has 2 aromatic carbocycles. The molecule has 0 amide bonds. The molecule has 8 heteroatoms. The number of para-hydroxylation sites is 1. The normalized spacial score (nSPS) is 15.7.